The molecule has 0 spiro atoms. The standard InChI is InChI=1S/C19H21N3O4/c1-12(20-17-4-2-3-16(22-17)19(24)25)13-5-9-15(10-6-13)26-11-18(23)21-14-7-8-14/h2-6,9-10,12,14H,7-8,11H2,1H3,(H,20,22)(H,21,23)(H,24,25). The second-order valence-electron chi connectivity index (χ2n) is 6.28. The van der Waals surface area contributed by atoms with E-state index in [1.807, 2.05) is 19.1 Å². The van der Waals surface area contributed by atoms with Crippen LogP contribution in [0.15, 0.2) is 42.5 Å². The predicted octanol–water partition coefficient (Wildman–Crippen LogP) is 2.61. The maximum atomic E-state index is 11.6. The molecule has 3 rings (SSSR count). The van der Waals surface area contributed by atoms with Crippen molar-refractivity contribution in [3.8, 4) is 5.75 Å². The van der Waals surface area contributed by atoms with Gasteiger partial charge in [0.05, 0.1) is 0 Å². The fourth-order valence-electron chi connectivity index (χ4n) is 2.44. The van der Waals surface area contributed by atoms with Gasteiger partial charge in [-0.25, -0.2) is 9.78 Å². The number of amides is 1. The number of carbonyl (C=O) groups excluding carboxylic acids is 1. The highest BCUT2D eigenvalue weighted by molar-refractivity contribution is 5.85. The first kappa shape index (κ1) is 17.7. The molecule has 3 N–H and O–H groups in total. The molecule has 0 bridgehead atoms. The SMILES string of the molecule is CC(Nc1cccc(C(=O)O)n1)c1ccc(OCC(=O)NC2CC2)cc1. The molecular formula is C19H21N3O4. The Morgan fingerprint density at radius 1 is 1.23 bits per heavy atom. The lowest BCUT2D eigenvalue weighted by Gasteiger charge is -2.16. The molecule has 0 aliphatic heterocycles. The minimum atomic E-state index is -1.06. The van der Waals surface area contributed by atoms with Gasteiger partial charge in [0.25, 0.3) is 5.91 Å². The van der Waals surface area contributed by atoms with Crippen LogP contribution in [0.2, 0.25) is 0 Å². The number of carboxylic acids is 1. The Morgan fingerprint density at radius 3 is 2.62 bits per heavy atom. The van der Waals surface area contributed by atoms with Crippen LogP contribution in [0.1, 0.15) is 41.9 Å². The number of aromatic carboxylic acids is 1. The van der Waals surface area contributed by atoms with E-state index in [-0.39, 0.29) is 24.2 Å². The molecule has 0 saturated heterocycles. The number of aromatic nitrogens is 1. The summed E-state index contributed by atoms with van der Waals surface area (Å²) >= 11 is 0. The number of carboxylic acid groups (broad SMARTS) is 1. The number of hydrogen-bond donors (Lipinski definition) is 3. The van der Waals surface area contributed by atoms with Gasteiger partial charge < -0.3 is 20.5 Å². The van der Waals surface area contributed by atoms with Crippen molar-refractivity contribution < 1.29 is 19.4 Å². The van der Waals surface area contributed by atoms with Crippen molar-refractivity contribution >= 4 is 17.7 Å². The topological polar surface area (TPSA) is 101 Å². The summed E-state index contributed by atoms with van der Waals surface area (Å²) in [6, 6.07) is 12.5. The first-order valence-electron chi connectivity index (χ1n) is 8.50. The van der Waals surface area contributed by atoms with E-state index in [4.69, 9.17) is 9.84 Å². The zero-order chi connectivity index (χ0) is 18.5. The fraction of sp³-hybridized carbons (Fsp3) is 0.316. The van der Waals surface area contributed by atoms with E-state index in [9.17, 15) is 9.59 Å². The maximum Gasteiger partial charge on any atom is 0.354 e. The molecule has 1 saturated carbocycles. The number of ether oxygens (including phenoxy) is 1. The Morgan fingerprint density at radius 2 is 1.96 bits per heavy atom. The molecule has 136 valence electrons. The number of nitrogens with zero attached hydrogens (tertiary/aromatic N) is 1. The summed E-state index contributed by atoms with van der Waals surface area (Å²) in [6.07, 6.45) is 2.10. The van der Waals surface area contributed by atoms with Crippen LogP contribution in [0, 0.1) is 0 Å². The summed E-state index contributed by atoms with van der Waals surface area (Å²) < 4.78 is 5.48. The van der Waals surface area contributed by atoms with Crippen molar-refractivity contribution in [3.05, 3.63) is 53.7 Å². The smallest absolute Gasteiger partial charge is 0.354 e. The van der Waals surface area contributed by atoms with Gasteiger partial charge in [-0.05, 0) is 49.6 Å². The van der Waals surface area contributed by atoms with Crippen LogP contribution in [0.25, 0.3) is 0 Å². The number of anilines is 1. The number of benzene rings is 1. The molecule has 1 fully saturated rings. The zero-order valence-corrected chi connectivity index (χ0v) is 14.4. The molecule has 1 atom stereocenters. The van der Waals surface area contributed by atoms with Crippen LogP contribution < -0.4 is 15.4 Å². The highest BCUT2D eigenvalue weighted by Crippen LogP contribution is 2.21. The second-order valence-corrected chi connectivity index (χ2v) is 6.28. The van der Waals surface area contributed by atoms with Crippen LogP contribution in [0.5, 0.6) is 5.75 Å². The van der Waals surface area contributed by atoms with Gasteiger partial charge in [-0.15, -0.1) is 0 Å². The van der Waals surface area contributed by atoms with E-state index in [0.29, 0.717) is 17.6 Å². The third-order valence-corrected chi connectivity index (χ3v) is 4.03. The van der Waals surface area contributed by atoms with Crippen LogP contribution in [0.3, 0.4) is 0 Å². The predicted molar refractivity (Wildman–Crippen MR) is 96.3 cm³/mol. The minimum Gasteiger partial charge on any atom is -0.484 e. The van der Waals surface area contributed by atoms with Crippen molar-refractivity contribution in [1.82, 2.24) is 10.3 Å². The van der Waals surface area contributed by atoms with Crippen LogP contribution >= 0.6 is 0 Å². The number of rotatable bonds is 8. The summed E-state index contributed by atoms with van der Waals surface area (Å²) in [7, 11) is 0. The van der Waals surface area contributed by atoms with Crippen molar-refractivity contribution in [3.63, 3.8) is 0 Å². The van der Waals surface area contributed by atoms with Gasteiger partial charge in [0.2, 0.25) is 0 Å². The first-order valence-corrected chi connectivity index (χ1v) is 8.50. The summed E-state index contributed by atoms with van der Waals surface area (Å²) in [4.78, 5) is 26.7. The van der Waals surface area contributed by atoms with Crippen LogP contribution in [0.4, 0.5) is 5.82 Å². The Hall–Kier alpha value is -3.09. The quantitative estimate of drug-likeness (QED) is 0.673. The average molecular weight is 355 g/mol. The zero-order valence-electron chi connectivity index (χ0n) is 14.4. The molecule has 7 heteroatoms. The van der Waals surface area contributed by atoms with E-state index >= 15 is 0 Å². The molecule has 1 aromatic heterocycles. The summed E-state index contributed by atoms with van der Waals surface area (Å²) in [5.41, 5.74) is 0.984. The van der Waals surface area contributed by atoms with Crippen LogP contribution in [-0.4, -0.2) is 34.6 Å². The Kier molecular flexibility index (Phi) is 5.36. The monoisotopic (exact) mass is 355 g/mol. The molecule has 26 heavy (non-hydrogen) atoms. The Bertz CT molecular complexity index is 788. The maximum absolute atomic E-state index is 11.6. The second kappa shape index (κ2) is 7.86. The summed E-state index contributed by atoms with van der Waals surface area (Å²) in [5.74, 6) is -0.0445. The van der Waals surface area contributed by atoms with Gasteiger partial charge in [0, 0.05) is 12.1 Å². The van der Waals surface area contributed by atoms with E-state index < -0.39 is 5.97 Å². The van der Waals surface area contributed by atoms with Crippen LogP contribution in [-0.2, 0) is 4.79 Å². The molecular weight excluding hydrogens is 334 g/mol. The van der Waals surface area contributed by atoms with Crippen molar-refractivity contribution in [2.45, 2.75) is 31.8 Å². The van der Waals surface area contributed by atoms with Gasteiger partial charge in [-0.1, -0.05) is 18.2 Å². The highest BCUT2D eigenvalue weighted by atomic mass is 16.5. The number of carbonyl (C=O) groups is 2. The first-order chi connectivity index (χ1) is 12.5. The molecule has 1 amide bonds. The molecule has 1 unspecified atom stereocenters. The molecule has 2 aromatic rings. The molecule has 7 nitrogen and oxygen atoms in total. The van der Waals surface area contributed by atoms with Gasteiger partial charge in [0.15, 0.2) is 12.3 Å². The molecule has 1 aromatic carbocycles. The van der Waals surface area contributed by atoms with Gasteiger partial charge in [-0.3, -0.25) is 4.79 Å². The number of nitrogens with one attached hydrogen (secondary N) is 2. The van der Waals surface area contributed by atoms with E-state index in [1.54, 1.807) is 24.3 Å². The Labute approximate surface area is 151 Å². The molecule has 0 radical (unpaired) electrons. The third kappa shape index (κ3) is 4.95. The average Bonchev–Trinajstić information content (AvgIpc) is 3.44. The van der Waals surface area contributed by atoms with E-state index in [0.717, 1.165) is 18.4 Å². The normalized spacial score (nSPS) is 14.3. The van der Waals surface area contributed by atoms with Gasteiger partial charge in [0.1, 0.15) is 11.6 Å². The van der Waals surface area contributed by atoms with Crippen molar-refractivity contribution in [2.75, 3.05) is 11.9 Å². The van der Waals surface area contributed by atoms with E-state index in [1.165, 1.54) is 6.07 Å². The lowest BCUT2D eigenvalue weighted by Crippen LogP contribution is -2.30. The number of hydrogen-bond acceptors (Lipinski definition) is 5. The number of pyridine rings is 1. The fourth-order valence-corrected chi connectivity index (χ4v) is 2.44. The lowest BCUT2D eigenvalue weighted by molar-refractivity contribution is -0.123. The van der Waals surface area contributed by atoms with Crippen molar-refractivity contribution in [1.29, 1.82) is 0 Å². The summed E-state index contributed by atoms with van der Waals surface area (Å²) in [6.45, 7) is 1.96. The van der Waals surface area contributed by atoms with Gasteiger partial charge in [-0.2, -0.15) is 0 Å². The van der Waals surface area contributed by atoms with Gasteiger partial charge >= 0.3 is 5.97 Å². The lowest BCUT2D eigenvalue weighted by atomic mass is 10.1. The Balaban J connectivity index is 1.54. The minimum absolute atomic E-state index is 0.00424. The highest BCUT2D eigenvalue weighted by Gasteiger charge is 2.23. The molecule has 1 aliphatic carbocycles. The molecule has 1 aliphatic rings. The van der Waals surface area contributed by atoms with E-state index in [2.05, 4.69) is 15.6 Å². The van der Waals surface area contributed by atoms with Crippen molar-refractivity contribution in [2.24, 2.45) is 0 Å². The molecule has 1 heterocycles. The third-order valence-electron chi connectivity index (χ3n) is 4.03. The largest absolute Gasteiger partial charge is 0.484 e. The summed E-state index contributed by atoms with van der Waals surface area (Å²) in [5, 5.41) is 15.0.